The topological polar surface area (TPSA) is 63.6 Å². The summed E-state index contributed by atoms with van der Waals surface area (Å²) >= 11 is 0. The molecule has 0 fully saturated rings. The summed E-state index contributed by atoms with van der Waals surface area (Å²) in [5, 5.41) is 8.93. The van der Waals surface area contributed by atoms with Crippen molar-refractivity contribution in [2.24, 2.45) is 11.8 Å². The van der Waals surface area contributed by atoms with E-state index in [-0.39, 0.29) is 24.2 Å². The molecule has 1 N–H and O–H groups in total. The predicted octanol–water partition coefficient (Wildman–Crippen LogP) is 4.47. The summed E-state index contributed by atoms with van der Waals surface area (Å²) in [4.78, 5) is 23.3. The molecule has 0 heterocycles. The van der Waals surface area contributed by atoms with E-state index in [0.29, 0.717) is 12.8 Å². The summed E-state index contributed by atoms with van der Waals surface area (Å²) in [6.45, 7) is 7.44. The summed E-state index contributed by atoms with van der Waals surface area (Å²) < 4.78 is 5.52. The summed E-state index contributed by atoms with van der Waals surface area (Å²) in [6, 6.07) is 10.2. The quantitative estimate of drug-likeness (QED) is 0.677. The van der Waals surface area contributed by atoms with Gasteiger partial charge >= 0.3 is 11.9 Å². The second kappa shape index (κ2) is 9.45. The minimum atomic E-state index is -0.824. The Balaban J connectivity index is 2.62. The van der Waals surface area contributed by atoms with Gasteiger partial charge in [0.25, 0.3) is 0 Å². The number of aryl methyl sites for hydroxylation is 1. The zero-order valence-corrected chi connectivity index (χ0v) is 15.2. The van der Waals surface area contributed by atoms with E-state index in [4.69, 9.17) is 9.84 Å². The van der Waals surface area contributed by atoms with Crippen LogP contribution in [0.15, 0.2) is 30.3 Å². The van der Waals surface area contributed by atoms with E-state index in [1.807, 2.05) is 45.9 Å². The van der Waals surface area contributed by atoms with Crippen LogP contribution in [0.3, 0.4) is 0 Å². The number of hydrogen-bond acceptors (Lipinski definition) is 3. The third kappa shape index (κ3) is 8.70. The molecule has 24 heavy (non-hydrogen) atoms. The zero-order valence-electron chi connectivity index (χ0n) is 15.2. The van der Waals surface area contributed by atoms with Crippen LogP contribution in [0.1, 0.15) is 58.9 Å². The van der Waals surface area contributed by atoms with Gasteiger partial charge in [-0.15, -0.1) is 0 Å². The van der Waals surface area contributed by atoms with E-state index >= 15 is 0 Å². The van der Waals surface area contributed by atoms with Gasteiger partial charge in [-0.2, -0.15) is 0 Å². The summed E-state index contributed by atoms with van der Waals surface area (Å²) in [5.41, 5.74) is 0.726. The van der Waals surface area contributed by atoms with Gasteiger partial charge in [0, 0.05) is 6.42 Å². The van der Waals surface area contributed by atoms with Crippen molar-refractivity contribution in [1.82, 2.24) is 0 Å². The minimum Gasteiger partial charge on any atom is -0.481 e. The fraction of sp³-hybridized carbons (Fsp3) is 0.600. The number of esters is 1. The summed E-state index contributed by atoms with van der Waals surface area (Å²) in [6.07, 6.45) is 3.14. The van der Waals surface area contributed by atoms with Gasteiger partial charge in [-0.05, 0) is 57.9 Å². The lowest BCUT2D eigenvalue weighted by molar-refractivity contribution is -0.161. The number of carboxylic acids is 1. The van der Waals surface area contributed by atoms with Gasteiger partial charge in [0.15, 0.2) is 0 Å². The van der Waals surface area contributed by atoms with Crippen LogP contribution in [-0.2, 0) is 20.7 Å². The van der Waals surface area contributed by atoms with Crippen LogP contribution in [0.5, 0.6) is 0 Å². The number of aliphatic carboxylic acids is 1. The highest BCUT2D eigenvalue weighted by Gasteiger charge is 2.27. The van der Waals surface area contributed by atoms with Crippen molar-refractivity contribution >= 4 is 11.9 Å². The smallest absolute Gasteiger partial charge is 0.309 e. The first-order valence-electron chi connectivity index (χ1n) is 8.66. The van der Waals surface area contributed by atoms with Gasteiger partial charge in [-0.3, -0.25) is 9.59 Å². The standard InChI is InChI=1S/C20H30O4/c1-15(14-18(21)22)13-17(19(23)24-20(2,3)4)12-8-11-16-9-6-5-7-10-16/h5-7,9-10,15,17H,8,11-14H2,1-4H3,(H,21,22)/t15-,17?/m1/s1. The number of carboxylic acid groups (broad SMARTS) is 1. The van der Waals surface area contributed by atoms with E-state index in [2.05, 4.69) is 12.1 Å². The van der Waals surface area contributed by atoms with Crippen molar-refractivity contribution in [3.63, 3.8) is 0 Å². The summed E-state index contributed by atoms with van der Waals surface area (Å²) in [5.74, 6) is -1.33. The van der Waals surface area contributed by atoms with E-state index in [9.17, 15) is 9.59 Å². The molecule has 0 bridgehead atoms. The fourth-order valence-electron chi connectivity index (χ4n) is 2.78. The average molecular weight is 334 g/mol. The molecule has 0 aliphatic rings. The van der Waals surface area contributed by atoms with Crippen molar-refractivity contribution in [3.05, 3.63) is 35.9 Å². The first kappa shape index (κ1) is 20.2. The predicted molar refractivity (Wildman–Crippen MR) is 94.7 cm³/mol. The molecule has 0 radical (unpaired) electrons. The lowest BCUT2D eigenvalue weighted by atomic mass is 9.89. The Bertz CT molecular complexity index is 516. The minimum absolute atomic E-state index is 0.0447. The van der Waals surface area contributed by atoms with Gasteiger partial charge in [-0.1, -0.05) is 37.3 Å². The highest BCUT2D eigenvalue weighted by molar-refractivity contribution is 5.73. The van der Waals surface area contributed by atoms with Crippen molar-refractivity contribution in [3.8, 4) is 0 Å². The number of carbonyl (C=O) groups is 2. The molecule has 1 unspecified atom stereocenters. The molecule has 4 nitrogen and oxygen atoms in total. The highest BCUT2D eigenvalue weighted by atomic mass is 16.6. The molecule has 134 valence electrons. The monoisotopic (exact) mass is 334 g/mol. The third-order valence-corrected chi connectivity index (χ3v) is 3.81. The molecule has 2 atom stereocenters. The second-order valence-electron chi connectivity index (χ2n) is 7.55. The maximum absolute atomic E-state index is 12.5. The van der Waals surface area contributed by atoms with Crippen LogP contribution < -0.4 is 0 Å². The van der Waals surface area contributed by atoms with Crippen LogP contribution in [0.25, 0.3) is 0 Å². The third-order valence-electron chi connectivity index (χ3n) is 3.81. The Kier molecular flexibility index (Phi) is 7.96. The number of ether oxygens (including phenoxy) is 1. The first-order valence-corrected chi connectivity index (χ1v) is 8.66. The molecular weight excluding hydrogens is 304 g/mol. The van der Waals surface area contributed by atoms with Crippen molar-refractivity contribution < 1.29 is 19.4 Å². The number of rotatable bonds is 9. The number of carbonyl (C=O) groups excluding carboxylic acids is 1. The average Bonchev–Trinajstić information content (AvgIpc) is 2.44. The number of benzene rings is 1. The first-order chi connectivity index (χ1) is 11.2. The molecule has 4 heteroatoms. The fourth-order valence-corrected chi connectivity index (χ4v) is 2.78. The Morgan fingerprint density at radius 2 is 1.79 bits per heavy atom. The Labute approximate surface area is 145 Å². The molecule has 0 aliphatic carbocycles. The molecule has 1 aromatic carbocycles. The van der Waals surface area contributed by atoms with Crippen LogP contribution in [0.4, 0.5) is 0 Å². The zero-order chi connectivity index (χ0) is 18.2. The van der Waals surface area contributed by atoms with Gasteiger partial charge < -0.3 is 9.84 Å². The second-order valence-corrected chi connectivity index (χ2v) is 7.55. The molecule has 0 aliphatic heterocycles. The van der Waals surface area contributed by atoms with Gasteiger partial charge in [-0.25, -0.2) is 0 Å². The van der Waals surface area contributed by atoms with Crippen molar-refractivity contribution in [2.75, 3.05) is 0 Å². The molecule has 0 spiro atoms. The van der Waals surface area contributed by atoms with Crippen molar-refractivity contribution in [2.45, 2.75) is 65.4 Å². The maximum atomic E-state index is 12.5. The number of hydrogen-bond donors (Lipinski definition) is 1. The normalized spacial score (nSPS) is 14.0. The van der Waals surface area contributed by atoms with E-state index in [1.165, 1.54) is 5.56 Å². The van der Waals surface area contributed by atoms with Crippen molar-refractivity contribution in [1.29, 1.82) is 0 Å². The van der Waals surface area contributed by atoms with Gasteiger partial charge in [0.1, 0.15) is 5.60 Å². The van der Waals surface area contributed by atoms with Crippen LogP contribution >= 0.6 is 0 Å². The molecule has 0 saturated carbocycles. The Morgan fingerprint density at radius 3 is 2.33 bits per heavy atom. The van der Waals surface area contributed by atoms with E-state index in [1.54, 1.807) is 0 Å². The lowest BCUT2D eigenvalue weighted by Crippen LogP contribution is -2.30. The lowest BCUT2D eigenvalue weighted by Gasteiger charge is -2.25. The Hall–Kier alpha value is -1.84. The van der Waals surface area contributed by atoms with Crippen LogP contribution in [0.2, 0.25) is 0 Å². The molecule has 0 aromatic heterocycles. The molecular formula is C20H30O4. The Morgan fingerprint density at radius 1 is 1.17 bits per heavy atom. The van der Waals surface area contributed by atoms with Crippen LogP contribution in [0, 0.1) is 11.8 Å². The molecule has 0 amide bonds. The molecule has 1 rings (SSSR count). The van der Waals surface area contributed by atoms with E-state index < -0.39 is 11.6 Å². The molecule has 1 aromatic rings. The maximum Gasteiger partial charge on any atom is 0.309 e. The SMILES string of the molecule is C[C@@H](CC(=O)O)CC(CCCc1ccccc1)C(=O)OC(C)(C)C. The molecule has 0 saturated heterocycles. The summed E-state index contributed by atoms with van der Waals surface area (Å²) in [7, 11) is 0. The highest BCUT2D eigenvalue weighted by Crippen LogP contribution is 2.24. The van der Waals surface area contributed by atoms with E-state index in [0.717, 1.165) is 12.8 Å². The largest absolute Gasteiger partial charge is 0.481 e. The van der Waals surface area contributed by atoms with Gasteiger partial charge in [0.2, 0.25) is 0 Å². The van der Waals surface area contributed by atoms with Crippen LogP contribution in [-0.4, -0.2) is 22.6 Å². The van der Waals surface area contributed by atoms with Gasteiger partial charge in [0.05, 0.1) is 5.92 Å².